The molecular weight excluding hydrogens is 313 g/mol. The molecule has 0 saturated carbocycles. The molecule has 7 heteroatoms. The first-order valence-electron chi connectivity index (χ1n) is 6.75. The number of aromatic carboxylic acids is 1. The number of carboxylic acids is 1. The third-order valence-electron chi connectivity index (χ3n) is 3.35. The number of carboxylic acid groups (broad SMARTS) is 1. The topological polar surface area (TPSA) is 83.7 Å². The van der Waals surface area contributed by atoms with Crippen LogP contribution in [0.4, 0.5) is 15.9 Å². The monoisotopic (exact) mass is 329 g/mol. The maximum absolute atomic E-state index is 13.3. The van der Waals surface area contributed by atoms with Crippen molar-refractivity contribution in [3.8, 4) is 0 Å². The summed E-state index contributed by atoms with van der Waals surface area (Å²) in [6.07, 6.45) is 1.45. The molecular formula is C17H16FN3O3. The van der Waals surface area contributed by atoms with Crippen LogP contribution in [-0.2, 0) is 0 Å². The molecule has 0 atom stereocenters. The number of nitrogens with zero attached hydrogens (tertiary/aromatic N) is 2. The van der Waals surface area contributed by atoms with Gasteiger partial charge in [-0.05, 0) is 36.8 Å². The third kappa shape index (κ3) is 2.96. The zero-order valence-corrected chi connectivity index (χ0v) is 12.1. The van der Waals surface area contributed by atoms with Gasteiger partial charge in [-0.2, -0.15) is 0 Å². The quantitative estimate of drug-likeness (QED) is 0.771. The van der Waals surface area contributed by atoms with Crippen molar-refractivity contribution in [3.05, 3.63) is 69.9 Å². The molecule has 2 aromatic heterocycles. The molecule has 0 saturated heterocycles. The molecule has 0 spiro atoms. The van der Waals surface area contributed by atoms with Gasteiger partial charge in [0.2, 0.25) is 0 Å². The second kappa shape index (κ2) is 6.49. The van der Waals surface area contributed by atoms with Crippen LogP contribution in [0, 0.1) is 12.7 Å². The number of carbonyl (C=O) groups is 1. The summed E-state index contributed by atoms with van der Waals surface area (Å²) in [4.78, 5) is 28.1. The number of aryl methyl sites for hydroxylation is 1. The number of aromatic nitrogens is 2. The average Bonchev–Trinajstić information content (AvgIpc) is 2.48. The van der Waals surface area contributed by atoms with Crippen LogP contribution in [-0.4, -0.2) is 20.5 Å². The highest BCUT2D eigenvalue weighted by Crippen LogP contribution is 2.19. The van der Waals surface area contributed by atoms with Gasteiger partial charge in [0.25, 0.3) is 5.56 Å². The zero-order chi connectivity index (χ0) is 16.6. The molecule has 24 heavy (non-hydrogen) atoms. The van der Waals surface area contributed by atoms with Crippen LogP contribution >= 0.6 is 0 Å². The van der Waals surface area contributed by atoms with E-state index in [2.05, 4.69) is 10.3 Å². The SMILES string of the molecule is C.Cc1cccn2c(=O)c(C(=O)O)c(Nc3cccc(F)c3)nc12. The number of hydrogen-bond donors (Lipinski definition) is 2. The summed E-state index contributed by atoms with van der Waals surface area (Å²) in [7, 11) is 0. The Morgan fingerprint density at radius 2 is 2.04 bits per heavy atom. The number of halogens is 1. The molecule has 0 fully saturated rings. The summed E-state index contributed by atoms with van der Waals surface area (Å²) in [6, 6.07) is 8.86. The van der Waals surface area contributed by atoms with E-state index in [-0.39, 0.29) is 13.2 Å². The lowest BCUT2D eigenvalue weighted by atomic mass is 10.2. The van der Waals surface area contributed by atoms with Crippen molar-refractivity contribution in [2.75, 3.05) is 5.32 Å². The van der Waals surface area contributed by atoms with Gasteiger partial charge < -0.3 is 10.4 Å². The molecule has 1 aromatic carbocycles. The maximum atomic E-state index is 13.3. The Bertz CT molecular complexity index is 982. The van der Waals surface area contributed by atoms with Crippen molar-refractivity contribution in [1.29, 1.82) is 0 Å². The Morgan fingerprint density at radius 3 is 2.71 bits per heavy atom. The Labute approximate surface area is 137 Å². The fourth-order valence-corrected chi connectivity index (χ4v) is 2.28. The molecule has 0 aliphatic heterocycles. The second-order valence-corrected chi connectivity index (χ2v) is 4.97. The van der Waals surface area contributed by atoms with Gasteiger partial charge in [0.05, 0.1) is 0 Å². The highest BCUT2D eigenvalue weighted by Gasteiger charge is 2.20. The van der Waals surface area contributed by atoms with Crippen LogP contribution in [0.1, 0.15) is 23.3 Å². The molecule has 2 N–H and O–H groups in total. The highest BCUT2D eigenvalue weighted by atomic mass is 19.1. The van der Waals surface area contributed by atoms with Gasteiger partial charge in [0.1, 0.15) is 11.5 Å². The number of hydrogen-bond acceptors (Lipinski definition) is 4. The van der Waals surface area contributed by atoms with Crippen molar-refractivity contribution in [1.82, 2.24) is 9.38 Å². The van der Waals surface area contributed by atoms with Crippen LogP contribution in [0.5, 0.6) is 0 Å². The first kappa shape index (κ1) is 17.1. The van der Waals surface area contributed by atoms with Gasteiger partial charge in [0.15, 0.2) is 11.4 Å². The molecule has 0 aliphatic rings. The number of fused-ring (bicyclic) bond motifs is 1. The highest BCUT2D eigenvalue weighted by molar-refractivity contribution is 5.94. The van der Waals surface area contributed by atoms with E-state index >= 15 is 0 Å². The standard InChI is InChI=1S/C16H12FN3O3.CH4/c1-9-4-3-7-20-14(9)19-13(12(15(20)21)16(22)23)18-11-6-2-5-10(17)8-11;/h2-8,18H,1H3,(H,22,23);1H4. The summed E-state index contributed by atoms with van der Waals surface area (Å²) in [5.74, 6) is -2.01. The van der Waals surface area contributed by atoms with Crippen molar-refractivity contribution < 1.29 is 14.3 Å². The number of rotatable bonds is 3. The molecule has 3 rings (SSSR count). The Kier molecular flexibility index (Phi) is 4.64. The molecule has 2 heterocycles. The zero-order valence-electron chi connectivity index (χ0n) is 12.1. The van der Waals surface area contributed by atoms with Gasteiger partial charge in [-0.15, -0.1) is 0 Å². The van der Waals surface area contributed by atoms with Crippen LogP contribution in [0.2, 0.25) is 0 Å². The van der Waals surface area contributed by atoms with E-state index in [1.165, 1.54) is 28.8 Å². The molecule has 0 amide bonds. The maximum Gasteiger partial charge on any atom is 0.345 e. The van der Waals surface area contributed by atoms with Crippen molar-refractivity contribution >= 4 is 23.1 Å². The summed E-state index contributed by atoms with van der Waals surface area (Å²) in [5.41, 5.74) is 0.144. The predicted molar refractivity (Wildman–Crippen MR) is 89.6 cm³/mol. The van der Waals surface area contributed by atoms with E-state index in [1.807, 2.05) is 0 Å². The Morgan fingerprint density at radius 1 is 1.29 bits per heavy atom. The summed E-state index contributed by atoms with van der Waals surface area (Å²) >= 11 is 0. The molecule has 124 valence electrons. The number of benzene rings is 1. The van der Waals surface area contributed by atoms with Crippen molar-refractivity contribution in [3.63, 3.8) is 0 Å². The van der Waals surface area contributed by atoms with E-state index in [9.17, 15) is 19.1 Å². The fraction of sp³-hybridized carbons (Fsp3) is 0.118. The summed E-state index contributed by atoms with van der Waals surface area (Å²) in [6.45, 7) is 1.76. The smallest absolute Gasteiger partial charge is 0.345 e. The van der Waals surface area contributed by atoms with E-state index < -0.39 is 22.9 Å². The van der Waals surface area contributed by atoms with Crippen LogP contribution < -0.4 is 10.9 Å². The van der Waals surface area contributed by atoms with E-state index in [0.29, 0.717) is 16.9 Å². The lowest BCUT2D eigenvalue weighted by Gasteiger charge is -2.11. The average molecular weight is 329 g/mol. The lowest BCUT2D eigenvalue weighted by molar-refractivity contribution is 0.0695. The summed E-state index contributed by atoms with van der Waals surface area (Å²) < 4.78 is 14.5. The van der Waals surface area contributed by atoms with Crippen LogP contribution in [0.3, 0.4) is 0 Å². The van der Waals surface area contributed by atoms with Gasteiger partial charge in [-0.25, -0.2) is 14.2 Å². The van der Waals surface area contributed by atoms with Crippen molar-refractivity contribution in [2.24, 2.45) is 0 Å². The van der Waals surface area contributed by atoms with E-state index in [0.717, 1.165) is 0 Å². The molecule has 0 unspecified atom stereocenters. The summed E-state index contributed by atoms with van der Waals surface area (Å²) in [5, 5.41) is 12.1. The largest absolute Gasteiger partial charge is 0.477 e. The van der Waals surface area contributed by atoms with E-state index in [1.54, 1.807) is 25.1 Å². The van der Waals surface area contributed by atoms with Gasteiger partial charge in [-0.1, -0.05) is 19.6 Å². The molecule has 0 aliphatic carbocycles. The van der Waals surface area contributed by atoms with Crippen LogP contribution in [0.15, 0.2) is 47.4 Å². The van der Waals surface area contributed by atoms with Gasteiger partial charge in [-0.3, -0.25) is 9.20 Å². The minimum atomic E-state index is -1.41. The molecule has 0 bridgehead atoms. The fourth-order valence-electron chi connectivity index (χ4n) is 2.28. The second-order valence-electron chi connectivity index (χ2n) is 4.97. The number of nitrogens with one attached hydrogen (secondary N) is 1. The first-order valence-corrected chi connectivity index (χ1v) is 6.75. The minimum absolute atomic E-state index is 0. The van der Waals surface area contributed by atoms with Crippen molar-refractivity contribution in [2.45, 2.75) is 14.4 Å². The van der Waals surface area contributed by atoms with Crippen LogP contribution in [0.25, 0.3) is 5.65 Å². The third-order valence-corrected chi connectivity index (χ3v) is 3.35. The van der Waals surface area contributed by atoms with Gasteiger partial charge in [0, 0.05) is 11.9 Å². The molecule has 6 nitrogen and oxygen atoms in total. The Balaban J connectivity index is 0.00000208. The molecule has 0 radical (unpaired) electrons. The first-order chi connectivity index (χ1) is 11.0. The normalized spacial score (nSPS) is 10.2. The van der Waals surface area contributed by atoms with E-state index in [4.69, 9.17) is 0 Å². The number of pyridine rings is 1. The van der Waals surface area contributed by atoms with Gasteiger partial charge >= 0.3 is 5.97 Å². The predicted octanol–water partition coefficient (Wildman–Crippen LogP) is 3.22. The molecule has 3 aromatic rings. The minimum Gasteiger partial charge on any atom is -0.477 e. The lowest BCUT2D eigenvalue weighted by Crippen LogP contribution is -2.25. The number of anilines is 2. The Hall–Kier alpha value is -3.22.